The molecule has 2 aromatic heterocycles. The molecule has 0 atom stereocenters. The highest BCUT2D eigenvalue weighted by Crippen LogP contribution is 2.31. The van der Waals surface area contributed by atoms with Gasteiger partial charge in [-0.2, -0.15) is 4.39 Å². The predicted octanol–water partition coefficient (Wildman–Crippen LogP) is 3.95. The summed E-state index contributed by atoms with van der Waals surface area (Å²) in [4.78, 5) is 24.3. The SMILES string of the molecule is O=C(c1nnn(Cc2cc(=O)oc3c(F)c(O)c(F)cc23)c1I)c1c(F)c(F)c(F)c(F)c1F. The first-order valence-electron chi connectivity index (χ1n) is 8.72. The summed E-state index contributed by atoms with van der Waals surface area (Å²) < 4.78 is 101. The number of carbonyl (C=O) groups excluding carboxylic acids is 1. The third kappa shape index (κ3) is 3.59. The van der Waals surface area contributed by atoms with Crippen molar-refractivity contribution >= 4 is 39.3 Å². The highest BCUT2D eigenvalue weighted by atomic mass is 127. The number of hydrogen-bond acceptors (Lipinski definition) is 6. The van der Waals surface area contributed by atoms with Gasteiger partial charge in [-0.3, -0.25) is 4.79 Å². The Balaban J connectivity index is 1.81. The van der Waals surface area contributed by atoms with E-state index in [2.05, 4.69) is 14.7 Å². The van der Waals surface area contributed by atoms with Gasteiger partial charge >= 0.3 is 5.63 Å². The lowest BCUT2D eigenvalue weighted by Crippen LogP contribution is -2.15. The molecular weight excluding hydrogens is 594 g/mol. The van der Waals surface area contributed by atoms with Crippen molar-refractivity contribution in [2.24, 2.45) is 0 Å². The molecule has 0 saturated carbocycles. The Bertz CT molecular complexity index is 1560. The van der Waals surface area contributed by atoms with E-state index in [1.165, 1.54) is 22.6 Å². The molecule has 0 fully saturated rings. The minimum absolute atomic E-state index is 0.123. The Labute approximate surface area is 195 Å². The Hall–Kier alpha value is -3.50. The van der Waals surface area contributed by atoms with E-state index < -0.39 is 81.3 Å². The van der Waals surface area contributed by atoms with Crippen LogP contribution in [0, 0.1) is 44.4 Å². The molecule has 0 amide bonds. The van der Waals surface area contributed by atoms with Crippen LogP contribution in [0.3, 0.4) is 0 Å². The maximum Gasteiger partial charge on any atom is 0.336 e. The first kappa shape index (κ1) is 23.7. The maximum absolute atomic E-state index is 14.1. The molecular formula is C19H5F7IN3O4. The van der Waals surface area contributed by atoms with E-state index in [1.807, 2.05) is 0 Å². The van der Waals surface area contributed by atoms with Gasteiger partial charge in [-0.1, -0.05) is 5.21 Å². The highest BCUT2D eigenvalue weighted by molar-refractivity contribution is 14.1. The lowest BCUT2D eigenvalue weighted by Gasteiger charge is -2.08. The third-order valence-electron chi connectivity index (χ3n) is 4.64. The number of phenols is 1. The van der Waals surface area contributed by atoms with Crippen LogP contribution in [-0.2, 0) is 6.54 Å². The van der Waals surface area contributed by atoms with Crippen molar-refractivity contribution in [1.29, 1.82) is 0 Å². The van der Waals surface area contributed by atoms with E-state index in [0.717, 1.165) is 10.7 Å². The topological polar surface area (TPSA) is 98.2 Å². The van der Waals surface area contributed by atoms with Gasteiger partial charge in [-0.25, -0.2) is 35.8 Å². The van der Waals surface area contributed by atoms with Gasteiger partial charge in [-0.15, -0.1) is 5.10 Å². The fraction of sp³-hybridized carbons (Fsp3) is 0.0526. The van der Waals surface area contributed by atoms with Crippen LogP contribution in [0.4, 0.5) is 30.7 Å². The van der Waals surface area contributed by atoms with Gasteiger partial charge in [0.05, 0.1) is 6.54 Å². The first-order valence-corrected chi connectivity index (χ1v) is 9.80. The Morgan fingerprint density at radius 2 is 1.56 bits per heavy atom. The molecule has 0 spiro atoms. The van der Waals surface area contributed by atoms with E-state index in [1.54, 1.807) is 0 Å². The van der Waals surface area contributed by atoms with E-state index in [4.69, 9.17) is 0 Å². The van der Waals surface area contributed by atoms with Crippen LogP contribution in [0.25, 0.3) is 11.0 Å². The fourth-order valence-corrected chi connectivity index (χ4v) is 3.66. The normalized spacial score (nSPS) is 11.4. The van der Waals surface area contributed by atoms with Crippen molar-refractivity contribution in [2.45, 2.75) is 6.54 Å². The van der Waals surface area contributed by atoms with Gasteiger partial charge in [0.15, 0.2) is 46.1 Å². The Morgan fingerprint density at radius 3 is 2.18 bits per heavy atom. The number of aromatic nitrogens is 3. The zero-order valence-corrected chi connectivity index (χ0v) is 18.1. The molecule has 176 valence electrons. The zero-order valence-electron chi connectivity index (χ0n) is 15.9. The second-order valence-electron chi connectivity index (χ2n) is 6.65. The van der Waals surface area contributed by atoms with Crippen molar-refractivity contribution in [1.82, 2.24) is 15.0 Å². The molecule has 0 saturated heterocycles. The van der Waals surface area contributed by atoms with Gasteiger partial charge in [0.2, 0.25) is 17.4 Å². The standard InChI is InChI=1S/C19H5F7IN3O4/c20-6-2-5-4(1-7(31)34-18(5)14(26)16(6)32)3-30-19(27)15(28-29-30)17(33)8-9(21)11(23)13(25)12(24)10(8)22/h1-2,32H,3H2. The van der Waals surface area contributed by atoms with E-state index in [9.17, 15) is 45.4 Å². The minimum atomic E-state index is -2.45. The maximum atomic E-state index is 14.1. The predicted molar refractivity (Wildman–Crippen MR) is 106 cm³/mol. The molecule has 34 heavy (non-hydrogen) atoms. The van der Waals surface area contributed by atoms with Crippen molar-refractivity contribution < 1.29 is 45.1 Å². The van der Waals surface area contributed by atoms with E-state index >= 15 is 0 Å². The summed E-state index contributed by atoms with van der Waals surface area (Å²) in [6.07, 6.45) is 0. The molecule has 15 heteroatoms. The second-order valence-corrected chi connectivity index (χ2v) is 7.67. The Morgan fingerprint density at radius 1 is 0.971 bits per heavy atom. The molecule has 0 unspecified atom stereocenters. The van der Waals surface area contributed by atoms with Crippen LogP contribution >= 0.6 is 22.6 Å². The summed E-state index contributed by atoms with van der Waals surface area (Å²) in [5, 5.41) is 16.0. The number of benzene rings is 2. The summed E-state index contributed by atoms with van der Waals surface area (Å²) in [5.41, 5.74) is -4.56. The molecule has 4 aromatic rings. The molecule has 2 aromatic carbocycles. The average Bonchev–Trinajstić information content (AvgIpc) is 3.15. The van der Waals surface area contributed by atoms with Crippen molar-refractivity contribution in [3.63, 3.8) is 0 Å². The number of nitrogens with zero attached hydrogens (tertiary/aromatic N) is 3. The van der Waals surface area contributed by atoms with Crippen LogP contribution in [-0.4, -0.2) is 25.9 Å². The molecule has 4 rings (SSSR count). The van der Waals surface area contributed by atoms with E-state index in [0.29, 0.717) is 6.07 Å². The summed E-state index contributed by atoms with van der Waals surface area (Å²) in [6.45, 7) is -0.499. The lowest BCUT2D eigenvalue weighted by atomic mass is 10.1. The highest BCUT2D eigenvalue weighted by Gasteiger charge is 2.33. The molecule has 7 nitrogen and oxygen atoms in total. The van der Waals surface area contributed by atoms with Gasteiger partial charge in [0.1, 0.15) is 9.26 Å². The summed E-state index contributed by atoms with van der Waals surface area (Å²) >= 11 is 1.42. The van der Waals surface area contributed by atoms with Crippen LogP contribution < -0.4 is 5.63 Å². The number of rotatable bonds is 4. The summed E-state index contributed by atoms with van der Waals surface area (Å²) in [6, 6.07) is 1.48. The van der Waals surface area contributed by atoms with Crippen LogP contribution in [0.5, 0.6) is 5.75 Å². The largest absolute Gasteiger partial charge is 0.503 e. The van der Waals surface area contributed by atoms with Gasteiger partial charge in [0.25, 0.3) is 0 Å². The quantitative estimate of drug-likeness (QED) is 0.0954. The van der Waals surface area contributed by atoms with Crippen molar-refractivity contribution in [2.75, 3.05) is 0 Å². The summed E-state index contributed by atoms with van der Waals surface area (Å²) in [5.74, 6) is -17.9. The monoisotopic (exact) mass is 599 g/mol. The number of ketones is 1. The number of aromatic hydroxyl groups is 1. The molecule has 0 aliphatic heterocycles. The first-order chi connectivity index (χ1) is 15.9. The second kappa shape index (κ2) is 8.37. The van der Waals surface area contributed by atoms with Gasteiger partial charge < -0.3 is 9.52 Å². The molecule has 0 radical (unpaired) electrons. The number of halogens is 8. The molecule has 1 N–H and O–H groups in total. The Kier molecular flexibility index (Phi) is 5.82. The van der Waals surface area contributed by atoms with E-state index in [-0.39, 0.29) is 14.7 Å². The van der Waals surface area contributed by atoms with Crippen LogP contribution in [0.15, 0.2) is 21.3 Å². The third-order valence-corrected chi connectivity index (χ3v) is 5.70. The minimum Gasteiger partial charge on any atom is -0.503 e. The number of fused-ring (bicyclic) bond motifs is 1. The smallest absolute Gasteiger partial charge is 0.336 e. The fourth-order valence-electron chi connectivity index (χ4n) is 3.04. The number of hydrogen-bond donors (Lipinski definition) is 1. The van der Waals surface area contributed by atoms with Gasteiger partial charge in [0, 0.05) is 11.5 Å². The van der Waals surface area contributed by atoms with Crippen molar-refractivity contribution in [3.05, 3.63) is 83.8 Å². The summed E-state index contributed by atoms with van der Waals surface area (Å²) in [7, 11) is 0. The average molecular weight is 599 g/mol. The van der Waals surface area contributed by atoms with Crippen molar-refractivity contribution in [3.8, 4) is 5.75 Å². The van der Waals surface area contributed by atoms with Gasteiger partial charge in [-0.05, 0) is 34.2 Å². The van der Waals surface area contributed by atoms with Crippen LogP contribution in [0.2, 0.25) is 0 Å². The number of phenolic OH excluding ortho intramolecular Hbond substituents is 1. The molecule has 2 heterocycles. The number of carbonyl (C=O) groups is 1. The molecule has 0 aliphatic rings. The zero-order chi connectivity index (χ0) is 25.1. The lowest BCUT2D eigenvalue weighted by molar-refractivity contribution is 0.102. The van der Waals surface area contributed by atoms with Crippen LogP contribution in [0.1, 0.15) is 21.6 Å². The molecule has 0 bridgehead atoms. The molecule has 0 aliphatic carbocycles.